The van der Waals surface area contributed by atoms with Crippen molar-refractivity contribution < 1.29 is 18.7 Å². The predicted octanol–water partition coefficient (Wildman–Crippen LogP) is 5.05. The van der Waals surface area contributed by atoms with E-state index in [1.807, 2.05) is 20.8 Å². The molecule has 0 fully saturated rings. The van der Waals surface area contributed by atoms with E-state index in [1.165, 1.54) is 19.2 Å². The minimum Gasteiger partial charge on any atom is -0.493 e. The highest BCUT2D eigenvalue weighted by atomic mass is 35.5. The molecule has 0 unspecified atom stereocenters. The van der Waals surface area contributed by atoms with Crippen LogP contribution in [0.1, 0.15) is 26.3 Å². The number of ether oxygens (including phenoxy) is 2. The average Bonchev–Trinajstić information content (AvgIpc) is 2.60. The SMILES string of the molecule is COc1cc(CNc2ccc(F)c(Cl)c2)c(Cl)cc1OCC(=O)NC(C)(C)C. The van der Waals surface area contributed by atoms with Gasteiger partial charge in [-0.2, -0.15) is 0 Å². The molecule has 0 atom stereocenters. The van der Waals surface area contributed by atoms with Gasteiger partial charge in [-0.1, -0.05) is 23.2 Å². The van der Waals surface area contributed by atoms with Crippen LogP contribution in [0.3, 0.4) is 0 Å². The van der Waals surface area contributed by atoms with Crippen molar-refractivity contribution in [1.82, 2.24) is 5.32 Å². The van der Waals surface area contributed by atoms with Crippen molar-refractivity contribution in [1.29, 1.82) is 0 Å². The highest BCUT2D eigenvalue weighted by Gasteiger charge is 2.16. The van der Waals surface area contributed by atoms with Crippen molar-refractivity contribution in [3.63, 3.8) is 0 Å². The van der Waals surface area contributed by atoms with Crippen LogP contribution in [-0.2, 0) is 11.3 Å². The summed E-state index contributed by atoms with van der Waals surface area (Å²) in [5.74, 6) is 0.0838. The largest absolute Gasteiger partial charge is 0.493 e. The Morgan fingerprint density at radius 2 is 1.82 bits per heavy atom. The standard InChI is InChI=1S/C20H23Cl2FN2O3/c1-20(2,3)25-19(26)11-28-18-9-14(21)12(7-17(18)27-4)10-24-13-5-6-16(23)15(22)8-13/h5-9,24H,10-11H2,1-4H3,(H,25,26). The molecule has 8 heteroatoms. The number of hydrogen-bond donors (Lipinski definition) is 2. The van der Waals surface area contributed by atoms with E-state index < -0.39 is 5.82 Å². The van der Waals surface area contributed by atoms with Gasteiger partial charge < -0.3 is 20.1 Å². The molecule has 0 radical (unpaired) electrons. The molecule has 0 spiro atoms. The van der Waals surface area contributed by atoms with Gasteiger partial charge in [-0.25, -0.2) is 4.39 Å². The lowest BCUT2D eigenvalue weighted by atomic mass is 10.1. The molecule has 0 aliphatic rings. The van der Waals surface area contributed by atoms with Gasteiger partial charge in [-0.3, -0.25) is 4.79 Å². The van der Waals surface area contributed by atoms with E-state index in [0.717, 1.165) is 5.56 Å². The van der Waals surface area contributed by atoms with Crippen molar-refractivity contribution in [2.24, 2.45) is 0 Å². The van der Waals surface area contributed by atoms with E-state index in [2.05, 4.69) is 10.6 Å². The van der Waals surface area contributed by atoms with Crippen LogP contribution in [0.2, 0.25) is 10.0 Å². The minimum atomic E-state index is -0.482. The molecule has 0 heterocycles. The average molecular weight is 429 g/mol. The second-order valence-corrected chi connectivity index (χ2v) is 7.98. The topological polar surface area (TPSA) is 59.6 Å². The zero-order valence-corrected chi connectivity index (χ0v) is 17.7. The second kappa shape index (κ2) is 9.34. The summed E-state index contributed by atoms with van der Waals surface area (Å²) in [6.45, 7) is 5.87. The molecule has 28 heavy (non-hydrogen) atoms. The van der Waals surface area contributed by atoms with Gasteiger partial charge in [0, 0.05) is 28.9 Å². The molecule has 0 saturated heterocycles. The van der Waals surface area contributed by atoms with Gasteiger partial charge in [0.25, 0.3) is 5.91 Å². The number of anilines is 1. The Morgan fingerprint density at radius 3 is 2.43 bits per heavy atom. The summed E-state index contributed by atoms with van der Waals surface area (Å²) in [4.78, 5) is 11.9. The van der Waals surface area contributed by atoms with Crippen molar-refractivity contribution >= 4 is 34.8 Å². The molecule has 5 nitrogen and oxygen atoms in total. The van der Waals surface area contributed by atoms with Crippen molar-refractivity contribution in [3.8, 4) is 11.5 Å². The Hall–Kier alpha value is -2.18. The van der Waals surface area contributed by atoms with E-state index in [1.54, 1.807) is 18.2 Å². The summed E-state index contributed by atoms with van der Waals surface area (Å²) in [5.41, 5.74) is 1.05. The second-order valence-electron chi connectivity index (χ2n) is 7.16. The summed E-state index contributed by atoms with van der Waals surface area (Å²) >= 11 is 12.1. The number of nitrogens with one attached hydrogen (secondary N) is 2. The lowest BCUT2D eigenvalue weighted by Gasteiger charge is -2.21. The molecule has 0 aromatic heterocycles. The number of rotatable bonds is 7. The molecule has 0 aliphatic carbocycles. The van der Waals surface area contributed by atoms with Crippen molar-refractivity contribution in [2.75, 3.05) is 19.0 Å². The summed E-state index contributed by atoms with van der Waals surface area (Å²) in [6.07, 6.45) is 0. The van der Waals surface area contributed by atoms with Crippen LogP contribution in [0.15, 0.2) is 30.3 Å². The molecular formula is C20H23Cl2FN2O3. The lowest BCUT2D eigenvalue weighted by Crippen LogP contribution is -2.43. The predicted molar refractivity (Wildman–Crippen MR) is 110 cm³/mol. The lowest BCUT2D eigenvalue weighted by molar-refractivity contribution is -0.124. The van der Waals surface area contributed by atoms with Gasteiger partial charge in [-0.05, 0) is 50.6 Å². The van der Waals surface area contributed by atoms with Crippen LogP contribution in [0.25, 0.3) is 0 Å². The van der Waals surface area contributed by atoms with E-state index in [9.17, 15) is 9.18 Å². The monoisotopic (exact) mass is 428 g/mol. The third kappa shape index (κ3) is 6.46. The Balaban J connectivity index is 2.07. The fourth-order valence-electron chi connectivity index (χ4n) is 2.39. The molecule has 2 N–H and O–H groups in total. The zero-order chi connectivity index (χ0) is 20.9. The minimum absolute atomic E-state index is 0.0333. The quantitative estimate of drug-likeness (QED) is 0.647. The summed E-state index contributed by atoms with van der Waals surface area (Å²) < 4.78 is 24.2. The Kier molecular flexibility index (Phi) is 7.38. The third-order valence-electron chi connectivity index (χ3n) is 3.61. The van der Waals surface area contributed by atoms with Gasteiger partial charge >= 0.3 is 0 Å². The number of carbonyl (C=O) groups excluding carboxylic acids is 1. The van der Waals surface area contributed by atoms with E-state index in [0.29, 0.717) is 28.8 Å². The molecule has 2 rings (SSSR count). The van der Waals surface area contributed by atoms with Gasteiger partial charge in [-0.15, -0.1) is 0 Å². The molecule has 2 aromatic rings. The van der Waals surface area contributed by atoms with Gasteiger partial charge in [0.05, 0.1) is 12.1 Å². The van der Waals surface area contributed by atoms with Crippen LogP contribution in [0, 0.1) is 5.82 Å². The first-order valence-corrected chi connectivity index (χ1v) is 9.34. The number of methoxy groups -OCH3 is 1. The molecule has 0 bridgehead atoms. The van der Waals surface area contributed by atoms with E-state index >= 15 is 0 Å². The van der Waals surface area contributed by atoms with Gasteiger partial charge in [0.2, 0.25) is 0 Å². The van der Waals surface area contributed by atoms with Crippen LogP contribution in [0.5, 0.6) is 11.5 Å². The summed E-state index contributed by atoms with van der Waals surface area (Å²) in [6, 6.07) is 7.67. The maximum absolute atomic E-state index is 13.2. The fraction of sp³-hybridized carbons (Fsp3) is 0.350. The number of hydrogen-bond acceptors (Lipinski definition) is 4. The Bertz CT molecular complexity index is 854. The fourth-order valence-corrected chi connectivity index (χ4v) is 2.79. The van der Waals surface area contributed by atoms with Gasteiger partial charge in [0.15, 0.2) is 18.1 Å². The number of amides is 1. The van der Waals surface area contributed by atoms with E-state index in [-0.39, 0.29) is 23.1 Å². The molecule has 0 saturated carbocycles. The normalized spacial score (nSPS) is 11.1. The van der Waals surface area contributed by atoms with Crippen LogP contribution in [-0.4, -0.2) is 25.2 Å². The third-order valence-corrected chi connectivity index (χ3v) is 4.25. The summed E-state index contributed by atoms with van der Waals surface area (Å²) in [5, 5.41) is 6.41. The number of benzene rings is 2. The van der Waals surface area contributed by atoms with Crippen LogP contribution >= 0.6 is 23.2 Å². The summed E-state index contributed by atoms with van der Waals surface area (Å²) in [7, 11) is 1.50. The zero-order valence-electron chi connectivity index (χ0n) is 16.2. The molecular weight excluding hydrogens is 406 g/mol. The van der Waals surface area contributed by atoms with Crippen LogP contribution in [0.4, 0.5) is 10.1 Å². The molecule has 152 valence electrons. The van der Waals surface area contributed by atoms with Crippen LogP contribution < -0.4 is 20.1 Å². The first-order valence-electron chi connectivity index (χ1n) is 8.58. The number of carbonyl (C=O) groups is 1. The molecule has 1 amide bonds. The highest BCUT2D eigenvalue weighted by Crippen LogP contribution is 2.34. The Labute approximate surface area is 174 Å². The number of halogens is 3. The maximum Gasteiger partial charge on any atom is 0.258 e. The van der Waals surface area contributed by atoms with Crippen molar-refractivity contribution in [3.05, 3.63) is 51.8 Å². The molecule has 2 aromatic carbocycles. The molecule has 0 aliphatic heterocycles. The first-order chi connectivity index (χ1) is 13.1. The highest BCUT2D eigenvalue weighted by molar-refractivity contribution is 6.31. The first kappa shape index (κ1) is 22.1. The van der Waals surface area contributed by atoms with E-state index in [4.69, 9.17) is 32.7 Å². The Morgan fingerprint density at radius 1 is 1.11 bits per heavy atom. The smallest absolute Gasteiger partial charge is 0.258 e. The van der Waals surface area contributed by atoms with Crippen molar-refractivity contribution in [2.45, 2.75) is 32.9 Å². The maximum atomic E-state index is 13.2. The van der Waals surface area contributed by atoms with Gasteiger partial charge in [0.1, 0.15) is 5.82 Å².